The summed E-state index contributed by atoms with van der Waals surface area (Å²) in [6.45, 7) is 2.00. The maximum absolute atomic E-state index is 11.9. The van der Waals surface area contributed by atoms with E-state index in [0.717, 1.165) is 37.8 Å². The molecule has 1 aromatic carbocycles. The van der Waals surface area contributed by atoms with Crippen molar-refractivity contribution in [1.29, 1.82) is 0 Å². The molecule has 1 saturated heterocycles. The van der Waals surface area contributed by atoms with Gasteiger partial charge in [-0.05, 0) is 56.6 Å². The van der Waals surface area contributed by atoms with Crippen LogP contribution in [0.5, 0.6) is 0 Å². The molecule has 1 aliphatic heterocycles. The molecule has 2 rings (SSSR count). The van der Waals surface area contributed by atoms with Crippen LogP contribution in [0, 0.1) is 0 Å². The molecule has 1 fully saturated rings. The van der Waals surface area contributed by atoms with Crippen LogP contribution in [0.3, 0.4) is 0 Å². The molecule has 0 unspecified atom stereocenters. The topological polar surface area (TPSA) is 63.7 Å². The van der Waals surface area contributed by atoms with Crippen molar-refractivity contribution >= 4 is 15.8 Å². The number of piperidine rings is 1. The van der Waals surface area contributed by atoms with E-state index in [1.54, 1.807) is 12.1 Å². The molecule has 0 radical (unpaired) electrons. The van der Waals surface area contributed by atoms with E-state index in [1.165, 1.54) is 7.11 Å². The lowest BCUT2D eigenvalue weighted by molar-refractivity contribution is 0.0596. The van der Waals surface area contributed by atoms with E-state index >= 15 is 0 Å². The van der Waals surface area contributed by atoms with Gasteiger partial charge in [-0.3, -0.25) is 0 Å². The molecule has 116 valence electrons. The molecular weight excluding hydrogens is 290 g/mol. The third-order valence-electron chi connectivity index (χ3n) is 4.00. The van der Waals surface area contributed by atoms with Gasteiger partial charge >= 0.3 is 5.97 Å². The SMILES string of the molecule is COC(=O)c1ccc(C2CCN(C)CC2)cc1S(C)(=O)=O. The van der Waals surface area contributed by atoms with Gasteiger partial charge in [0.05, 0.1) is 17.6 Å². The lowest BCUT2D eigenvalue weighted by atomic mass is 9.89. The summed E-state index contributed by atoms with van der Waals surface area (Å²) in [5.41, 5.74) is 1.09. The van der Waals surface area contributed by atoms with E-state index < -0.39 is 15.8 Å². The van der Waals surface area contributed by atoms with Gasteiger partial charge < -0.3 is 9.64 Å². The second-order valence-electron chi connectivity index (χ2n) is 5.60. The van der Waals surface area contributed by atoms with Crippen molar-refractivity contribution in [2.75, 3.05) is 33.5 Å². The van der Waals surface area contributed by atoms with E-state index in [4.69, 9.17) is 0 Å². The average molecular weight is 311 g/mol. The van der Waals surface area contributed by atoms with E-state index in [0.29, 0.717) is 5.92 Å². The van der Waals surface area contributed by atoms with E-state index in [9.17, 15) is 13.2 Å². The maximum Gasteiger partial charge on any atom is 0.339 e. The fourth-order valence-corrected chi connectivity index (χ4v) is 3.62. The largest absolute Gasteiger partial charge is 0.465 e. The predicted octanol–water partition coefficient (Wildman–Crippen LogP) is 1.69. The van der Waals surface area contributed by atoms with Gasteiger partial charge in [-0.1, -0.05) is 6.07 Å². The summed E-state index contributed by atoms with van der Waals surface area (Å²) >= 11 is 0. The van der Waals surface area contributed by atoms with Crippen LogP contribution in [0.15, 0.2) is 23.1 Å². The van der Waals surface area contributed by atoms with E-state index in [-0.39, 0.29) is 10.5 Å². The summed E-state index contributed by atoms with van der Waals surface area (Å²) in [6, 6.07) is 5.05. The van der Waals surface area contributed by atoms with Crippen LogP contribution in [-0.2, 0) is 14.6 Å². The number of ether oxygens (including phenoxy) is 1. The molecule has 1 aromatic rings. The number of sulfone groups is 1. The second kappa shape index (κ2) is 6.15. The third-order valence-corrected chi connectivity index (χ3v) is 5.14. The van der Waals surface area contributed by atoms with Crippen molar-refractivity contribution < 1.29 is 17.9 Å². The molecule has 0 amide bonds. The highest BCUT2D eigenvalue weighted by Crippen LogP contribution is 2.30. The van der Waals surface area contributed by atoms with Crippen LogP contribution in [0.2, 0.25) is 0 Å². The maximum atomic E-state index is 11.9. The Kier molecular flexibility index (Phi) is 4.68. The Balaban J connectivity index is 2.40. The third kappa shape index (κ3) is 3.63. The molecule has 0 atom stereocenters. The first kappa shape index (κ1) is 16.0. The van der Waals surface area contributed by atoms with Gasteiger partial charge in [-0.2, -0.15) is 0 Å². The Morgan fingerprint density at radius 2 is 1.90 bits per heavy atom. The van der Waals surface area contributed by atoms with Crippen LogP contribution < -0.4 is 0 Å². The van der Waals surface area contributed by atoms with Crippen LogP contribution in [0.4, 0.5) is 0 Å². The smallest absolute Gasteiger partial charge is 0.339 e. The highest BCUT2D eigenvalue weighted by atomic mass is 32.2. The lowest BCUT2D eigenvalue weighted by Gasteiger charge is -2.29. The summed E-state index contributed by atoms with van der Waals surface area (Å²) < 4.78 is 28.6. The summed E-state index contributed by atoms with van der Waals surface area (Å²) in [5, 5.41) is 0. The van der Waals surface area contributed by atoms with Gasteiger partial charge in [0, 0.05) is 6.26 Å². The summed E-state index contributed by atoms with van der Waals surface area (Å²) in [5.74, 6) is -0.279. The van der Waals surface area contributed by atoms with Crippen molar-refractivity contribution in [2.24, 2.45) is 0 Å². The minimum Gasteiger partial charge on any atom is -0.465 e. The minimum atomic E-state index is -3.47. The van der Waals surface area contributed by atoms with Crippen LogP contribution in [0.25, 0.3) is 0 Å². The summed E-state index contributed by atoms with van der Waals surface area (Å²) in [7, 11) is -0.141. The zero-order valence-corrected chi connectivity index (χ0v) is 13.4. The molecule has 0 aliphatic carbocycles. The Morgan fingerprint density at radius 1 is 1.29 bits per heavy atom. The predicted molar refractivity (Wildman–Crippen MR) is 80.4 cm³/mol. The number of esters is 1. The summed E-state index contributed by atoms with van der Waals surface area (Å²) in [6.07, 6.45) is 3.11. The molecule has 1 heterocycles. The molecular formula is C15H21NO4S. The molecule has 1 aliphatic rings. The number of carbonyl (C=O) groups is 1. The monoisotopic (exact) mass is 311 g/mol. The zero-order chi connectivity index (χ0) is 15.6. The highest BCUT2D eigenvalue weighted by molar-refractivity contribution is 7.90. The standard InChI is InChI=1S/C15H21NO4S/c1-16-8-6-11(7-9-16)12-4-5-13(15(17)20-2)14(10-12)21(3,18)19/h4-5,10-11H,6-9H2,1-3H3. The molecule has 0 bridgehead atoms. The van der Waals surface area contributed by atoms with Crippen LogP contribution in [0.1, 0.15) is 34.7 Å². The second-order valence-corrected chi connectivity index (χ2v) is 7.58. The molecule has 21 heavy (non-hydrogen) atoms. The van der Waals surface area contributed by atoms with Crippen LogP contribution >= 0.6 is 0 Å². The number of hydrogen-bond acceptors (Lipinski definition) is 5. The van der Waals surface area contributed by atoms with Gasteiger partial charge in [-0.15, -0.1) is 0 Å². The van der Waals surface area contributed by atoms with Crippen LogP contribution in [-0.4, -0.2) is 52.8 Å². The Bertz CT molecular complexity index is 631. The molecule has 0 aromatic heterocycles. The van der Waals surface area contributed by atoms with Crippen molar-refractivity contribution in [3.05, 3.63) is 29.3 Å². The molecule has 0 saturated carbocycles. The zero-order valence-electron chi connectivity index (χ0n) is 12.6. The molecule has 5 nitrogen and oxygen atoms in total. The normalized spacial score (nSPS) is 17.7. The number of nitrogens with zero attached hydrogens (tertiary/aromatic N) is 1. The highest BCUT2D eigenvalue weighted by Gasteiger charge is 2.24. The molecule has 0 N–H and O–H groups in total. The first-order valence-corrected chi connectivity index (χ1v) is 8.83. The number of benzene rings is 1. The van der Waals surface area contributed by atoms with E-state index in [1.807, 2.05) is 6.07 Å². The van der Waals surface area contributed by atoms with Crippen molar-refractivity contribution in [2.45, 2.75) is 23.7 Å². The van der Waals surface area contributed by atoms with Gasteiger partial charge in [0.15, 0.2) is 9.84 Å². The lowest BCUT2D eigenvalue weighted by Crippen LogP contribution is -2.29. The van der Waals surface area contributed by atoms with Gasteiger partial charge in [-0.25, -0.2) is 13.2 Å². The number of likely N-dealkylation sites (tertiary alicyclic amines) is 1. The van der Waals surface area contributed by atoms with Crippen molar-refractivity contribution in [3.63, 3.8) is 0 Å². The minimum absolute atomic E-state index is 0.0609. The van der Waals surface area contributed by atoms with Gasteiger partial charge in [0.2, 0.25) is 0 Å². The fraction of sp³-hybridized carbons (Fsp3) is 0.533. The quantitative estimate of drug-likeness (QED) is 0.795. The number of hydrogen-bond donors (Lipinski definition) is 0. The number of rotatable bonds is 3. The first-order valence-electron chi connectivity index (χ1n) is 6.94. The Hall–Kier alpha value is -1.40. The first-order chi connectivity index (χ1) is 9.82. The molecule has 0 spiro atoms. The van der Waals surface area contributed by atoms with Crippen molar-refractivity contribution in [1.82, 2.24) is 4.90 Å². The Morgan fingerprint density at radius 3 is 2.43 bits per heavy atom. The summed E-state index contributed by atoms with van der Waals surface area (Å²) in [4.78, 5) is 14.0. The number of methoxy groups -OCH3 is 1. The van der Waals surface area contributed by atoms with Crippen molar-refractivity contribution in [3.8, 4) is 0 Å². The van der Waals surface area contributed by atoms with Gasteiger partial charge in [0.25, 0.3) is 0 Å². The molecule has 6 heteroatoms. The van der Waals surface area contributed by atoms with Gasteiger partial charge in [0.1, 0.15) is 0 Å². The van der Waals surface area contributed by atoms with E-state index in [2.05, 4.69) is 16.7 Å². The fourth-order valence-electron chi connectivity index (χ4n) is 2.72. The number of carbonyl (C=O) groups excluding carboxylic acids is 1. The average Bonchev–Trinajstić information content (AvgIpc) is 2.46. The Labute approximate surface area is 125 Å².